The Balaban J connectivity index is 1.72. The molecule has 2 rings (SSSR count). The third-order valence-corrected chi connectivity index (χ3v) is 6.02. The lowest BCUT2D eigenvalue weighted by molar-refractivity contribution is -0.279. The highest BCUT2D eigenvalue weighted by Gasteiger charge is 2.46. The maximum Gasteiger partial charge on any atom is 0.262 e. The van der Waals surface area contributed by atoms with Crippen LogP contribution in [0.4, 0.5) is 0 Å². The van der Waals surface area contributed by atoms with Crippen LogP contribution < -0.4 is 0 Å². The fourth-order valence-electron chi connectivity index (χ4n) is 4.41. The molecule has 0 amide bonds. The Morgan fingerprint density at radius 2 is 1.50 bits per heavy atom. The van der Waals surface area contributed by atoms with E-state index in [9.17, 15) is 5.26 Å². The molecule has 138 valence electrons. The second-order valence-electron chi connectivity index (χ2n) is 7.98. The summed E-state index contributed by atoms with van der Waals surface area (Å²) in [5.41, 5.74) is 0. The monoisotopic (exact) mass is 335 g/mol. The first kappa shape index (κ1) is 19.7. The Labute approximate surface area is 149 Å². The molecule has 0 radical (unpaired) electrons. The molecule has 24 heavy (non-hydrogen) atoms. The lowest BCUT2D eigenvalue weighted by Crippen LogP contribution is -2.49. The lowest BCUT2D eigenvalue weighted by Gasteiger charge is -2.42. The van der Waals surface area contributed by atoms with E-state index in [1.807, 2.05) is 0 Å². The Kier molecular flexibility index (Phi) is 8.56. The van der Waals surface area contributed by atoms with Gasteiger partial charge in [0.05, 0.1) is 13.2 Å². The van der Waals surface area contributed by atoms with Gasteiger partial charge in [0.25, 0.3) is 5.79 Å². The maximum absolute atomic E-state index is 9.72. The zero-order valence-electron chi connectivity index (χ0n) is 15.9. The molecule has 0 atom stereocenters. The van der Waals surface area contributed by atoms with E-state index in [4.69, 9.17) is 9.47 Å². The van der Waals surface area contributed by atoms with Gasteiger partial charge in [0.1, 0.15) is 6.07 Å². The molecule has 3 nitrogen and oxygen atoms in total. The van der Waals surface area contributed by atoms with Crippen molar-refractivity contribution in [2.75, 3.05) is 13.2 Å². The second-order valence-corrected chi connectivity index (χ2v) is 7.98. The van der Waals surface area contributed by atoms with Crippen LogP contribution >= 0.6 is 0 Å². The van der Waals surface area contributed by atoms with Gasteiger partial charge in [-0.3, -0.25) is 0 Å². The van der Waals surface area contributed by atoms with Gasteiger partial charge in [-0.25, -0.2) is 0 Å². The summed E-state index contributed by atoms with van der Waals surface area (Å²) in [6.07, 6.45) is 15.0. The van der Waals surface area contributed by atoms with Crippen molar-refractivity contribution in [1.29, 1.82) is 5.26 Å². The quantitative estimate of drug-likeness (QED) is 0.497. The topological polar surface area (TPSA) is 42.2 Å². The molecule has 0 aromatic rings. The average Bonchev–Trinajstić information content (AvgIpc) is 2.63. The van der Waals surface area contributed by atoms with Crippen molar-refractivity contribution in [3.63, 3.8) is 0 Å². The summed E-state index contributed by atoms with van der Waals surface area (Å²) in [7, 11) is 0. The fourth-order valence-corrected chi connectivity index (χ4v) is 4.41. The molecule has 1 heterocycles. The van der Waals surface area contributed by atoms with E-state index in [2.05, 4.69) is 19.9 Å². The molecule has 0 unspecified atom stereocenters. The molecule has 3 heteroatoms. The Morgan fingerprint density at radius 3 is 2.08 bits per heavy atom. The van der Waals surface area contributed by atoms with Crippen LogP contribution in [0.5, 0.6) is 0 Å². The van der Waals surface area contributed by atoms with Crippen molar-refractivity contribution in [1.82, 2.24) is 0 Å². The third-order valence-electron chi connectivity index (χ3n) is 6.02. The predicted octanol–water partition coefficient (Wildman–Crippen LogP) is 5.84. The number of rotatable bonds is 9. The van der Waals surface area contributed by atoms with E-state index < -0.39 is 5.79 Å². The van der Waals surface area contributed by atoms with Gasteiger partial charge in [-0.2, -0.15) is 5.26 Å². The SMILES string of the molecule is CCCCCCCC1COC(C#N)(C2CCC(CCC)CC2)OC1. The summed E-state index contributed by atoms with van der Waals surface area (Å²) >= 11 is 0. The zero-order chi connectivity index (χ0) is 17.3. The molecule has 0 spiro atoms. The molecule has 0 aromatic carbocycles. The molecular weight excluding hydrogens is 298 g/mol. The Bertz CT molecular complexity index is 374. The highest BCUT2D eigenvalue weighted by molar-refractivity contribution is 5.02. The van der Waals surface area contributed by atoms with Crippen LogP contribution in [-0.2, 0) is 9.47 Å². The number of nitriles is 1. The van der Waals surface area contributed by atoms with Crippen LogP contribution in [0.2, 0.25) is 0 Å². The fraction of sp³-hybridized carbons (Fsp3) is 0.952. The first-order valence-electron chi connectivity index (χ1n) is 10.4. The van der Waals surface area contributed by atoms with Crippen LogP contribution in [0.25, 0.3) is 0 Å². The molecule has 0 bridgehead atoms. The lowest BCUT2D eigenvalue weighted by atomic mass is 9.76. The van der Waals surface area contributed by atoms with Gasteiger partial charge < -0.3 is 9.47 Å². The summed E-state index contributed by atoms with van der Waals surface area (Å²) in [5.74, 6) is 0.641. The average molecular weight is 336 g/mol. The van der Waals surface area contributed by atoms with Crippen LogP contribution in [-0.4, -0.2) is 19.0 Å². The second kappa shape index (κ2) is 10.4. The summed E-state index contributed by atoms with van der Waals surface area (Å²) < 4.78 is 12.1. The van der Waals surface area contributed by atoms with Gasteiger partial charge in [-0.1, -0.05) is 58.8 Å². The summed E-state index contributed by atoms with van der Waals surface area (Å²) in [6.45, 7) is 5.92. The van der Waals surface area contributed by atoms with E-state index in [-0.39, 0.29) is 5.92 Å². The molecular formula is C21H37NO2. The molecule has 1 aliphatic heterocycles. The smallest absolute Gasteiger partial charge is 0.262 e. The highest BCUT2D eigenvalue weighted by Crippen LogP contribution is 2.41. The number of hydrogen-bond acceptors (Lipinski definition) is 3. The highest BCUT2D eigenvalue weighted by atomic mass is 16.7. The van der Waals surface area contributed by atoms with Gasteiger partial charge in [0.2, 0.25) is 0 Å². The van der Waals surface area contributed by atoms with Crippen LogP contribution in [0.3, 0.4) is 0 Å². The van der Waals surface area contributed by atoms with Gasteiger partial charge in [0, 0.05) is 11.8 Å². The molecule has 0 N–H and O–H groups in total. The van der Waals surface area contributed by atoms with Gasteiger partial charge in [-0.15, -0.1) is 0 Å². The standard InChI is InChI=1S/C21H37NO2/c1-3-5-6-7-8-10-19-15-23-21(17-22,24-16-19)20-13-11-18(9-4-2)12-14-20/h18-20H,3-16H2,1-2H3. The minimum atomic E-state index is -0.949. The van der Waals surface area contributed by atoms with Gasteiger partial charge in [0.15, 0.2) is 0 Å². The van der Waals surface area contributed by atoms with Crippen molar-refractivity contribution in [2.45, 2.75) is 96.7 Å². The Morgan fingerprint density at radius 1 is 0.833 bits per heavy atom. The van der Waals surface area contributed by atoms with Crippen molar-refractivity contribution in [3.05, 3.63) is 0 Å². The van der Waals surface area contributed by atoms with Gasteiger partial charge >= 0.3 is 0 Å². The van der Waals surface area contributed by atoms with Crippen LogP contribution in [0, 0.1) is 29.1 Å². The van der Waals surface area contributed by atoms with Gasteiger partial charge in [-0.05, 0) is 38.0 Å². The third kappa shape index (κ3) is 5.46. The van der Waals surface area contributed by atoms with Crippen LogP contribution in [0.1, 0.15) is 90.9 Å². The largest absolute Gasteiger partial charge is 0.338 e. The molecule has 1 saturated carbocycles. The summed E-state index contributed by atoms with van der Waals surface area (Å²) in [4.78, 5) is 0. The first-order chi connectivity index (χ1) is 11.7. The first-order valence-corrected chi connectivity index (χ1v) is 10.4. The minimum Gasteiger partial charge on any atom is -0.338 e. The summed E-state index contributed by atoms with van der Waals surface area (Å²) in [5, 5.41) is 9.72. The Hall–Kier alpha value is -0.590. The van der Waals surface area contributed by atoms with E-state index in [0.717, 1.165) is 18.8 Å². The van der Waals surface area contributed by atoms with Crippen molar-refractivity contribution >= 4 is 0 Å². The van der Waals surface area contributed by atoms with Crippen molar-refractivity contribution < 1.29 is 9.47 Å². The van der Waals surface area contributed by atoms with E-state index >= 15 is 0 Å². The molecule has 1 aliphatic carbocycles. The number of hydrogen-bond donors (Lipinski definition) is 0. The number of nitrogens with zero attached hydrogens (tertiary/aromatic N) is 1. The van der Waals surface area contributed by atoms with Crippen LogP contribution in [0.15, 0.2) is 0 Å². The predicted molar refractivity (Wildman–Crippen MR) is 97.5 cm³/mol. The molecule has 2 aliphatic rings. The molecule has 0 aromatic heterocycles. The number of unbranched alkanes of at least 4 members (excludes halogenated alkanes) is 4. The summed E-state index contributed by atoms with van der Waals surface area (Å²) in [6, 6.07) is 2.39. The maximum atomic E-state index is 9.72. The van der Waals surface area contributed by atoms with Crippen molar-refractivity contribution in [3.8, 4) is 6.07 Å². The molecule has 2 fully saturated rings. The molecule has 1 saturated heterocycles. The van der Waals surface area contributed by atoms with E-state index in [0.29, 0.717) is 19.1 Å². The van der Waals surface area contributed by atoms with E-state index in [1.54, 1.807) is 0 Å². The van der Waals surface area contributed by atoms with Crippen molar-refractivity contribution in [2.24, 2.45) is 17.8 Å². The number of ether oxygens (including phenoxy) is 2. The zero-order valence-corrected chi connectivity index (χ0v) is 15.9. The van der Waals surface area contributed by atoms with E-state index in [1.165, 1.54) is 64.2 Å². The normalized spacial score (nSPS) is 34.0. The minimum absolute atomic E-state index is 0.265.